The van der Waals surface area contributed by atoms with Crippen LogP contribution < -0.4 is 10.6 Å². The van der Waals surface area contributed by atoms with Gasteiger partial charge in [0.25, 0.3) is 5.91 Å². The van der Waals surface area contributed by atoms with Gasteiger partial charge in [-0.25, -0.2) is 9.48 Å². The summed E-state index contributed by atoms with van der Waals surface area (Å²) >= 11 is 0. The monoisotopic (exact) mass is 379 g/mol. The molecule has 0 aliphatic rings. The van der Waals surface area contributed by atoms with Crippen molar-refractivity contribution >= 4 is 23.5 Å². The highest BCUT2D eigenvalue weighted by molar-refractivity contribution is 5.93. The molecule has 1 atom stereocenters. The van der Waals surface area contributed by atoms with E-state index in [1.165, 1.54) is 19.2 Å². The molecule has 3 N–H and O–H groups in total. The van der Waals surface area contributed by atoms with Crippen LogP contribution in [0.3, 0.4) is 0 Å². The van der Waals surface area contributed by atoms with E-state index in [0.717, 1.165) is 21.8 Å². The molecule has 13 nitrogen and oxygen atoms in total. The standard InChI is InChI=1S/C14H17N7O6/c1-9(14(24)25)20-11(2-3-17-20)13(23)16-5-4-15-12(22)8-19-7-10(6-18-19)21(26)27/h2-3,6-7,9H,4-5,8H2,1H3,(H,15,22)(H,16,23)(H,24,25). The predicted octanol–water partition coefficient (Wildman–Crippen LogP) is -0.820. The van der Waals surface area contributed by atoms with E-state index in [1.807, 2.05) is 0 Å². The maximum atomic E-state index is 12.1. The van der Waals surface area contributed by atoms with Crippen LogP contribution in [0, 0.1) is 10.1 Å². The smallest absolute Gasteiger partial charge is 0.328 e. The summed E-state index contributed by atoms with van der Waals surface area (Å²) in [7, 11) is 0. The fourth-order valence-corrected chi connectivity index (χ4v) is 2.11. The lowest BCUT2D eigenvalue weighted by Crippen LogP contribution is -2.37. The van der Waals surface area contributed by atoms with Crippen LogP contribution in [0.4, 0.5) is 5.69 Å². The third kappa shape index (κ3) is 5.10. The first kappa shape index (κ1) is 19.6. The molecule has 13 heteroatoms. The lowest BCUT2D eigenvalue weighted by atomic mass is 10.3. The van der Waals surface area contributed by atoms with E-state index in [2.05, 4.69) is 20.8 Å². The number of carbonyl (C=O) groups excluding carboxylic acids is 2. The Morgan fingerprint density at radius 3 is 2.63 bits per heavy atom. The molecule has 0 aliphatic heterocycles. The van der Waals surface area contributed by atoms with Gasteiger partial charge < -0.3 is 15.7 Å². The SMILES string of the molecule is CC(C(=O)O)n1nccc1C(=O)NCCNC(=O)Cn1cc([N+](=O)[O-])cn1. The molecule has 2 amide bonds. The molecule has 0 aliphatic carbocycles. The summed E-state index contributed by atoms with van der Waals surface area (Å²) in [6, 6.07) is 0.386. The molecule has 0 saturated carbocycles. The number of amides is 2. The largest absolute Gasteiger partial charge is 0.480 e. The highest BCUT2D eigenvalue weighted by Crippen LogP contribution is 2.09. The summed E-state index contributed by atoms with van der Waals surface area (Å²) in [4.78, 5) is 44.8. The molecule has 0 aromatic carbocycles. The molecule has 27 heavy (non-hydrogen) atoms. The van der Waals surface area contributed by atoms with Gasteiger partial charge >= 0.3 is 11.7 Å². The van der Waals surface area contributed by atoms with Crippen LogP contribution in [0.2, 0.25) is 0 Å². The Labute approximate surface area is 152 Å². The number of aliphatic carboxylic acids is 1. The number of hydrogen-bond acceptors (Lipinski definition) is 7. The molecule has 2 heterocycles. The fraction of sp³-hybridized carbons (Fsp3) is 0.357. The predicted molar refractivity (Wildman–Crippen MR) is 88.8 cm³/mol. The van der Waals surface area contributed by atoms with Crippen molar-refractivity contribution in [3.63, 3.8) is 0 Å². The normalized spacial score (nSPS) is 11.6. The van der Waals surface area contributed by atoms with Gasteiger partial charge in [0.05, 0.1) is 4.92 Å². The molecule has 0 radical (unpaired) electrons. The Balaban J connectivity index is 1.77. The second kappa shape index (κ2) is 8.55. The van der Waals surface area contributed by atoms with Crippen molar-refractivity contribution in [2.24, 2.45) is 0 Å². The second-order valence-electron chi connectivity index (χ2n) is 5.43. The van der Waals surface area contributed by atoms with Gasteiger partial charge in [-0.15, -0.1) is 0 Å². The zero-order valence-electron chi connectivity index (χ0n) is 14.2. The van der Waals surface area contributed by atoms with Crippen molar-refractivity contribution in [2.45, 2.75) is 19.5 Å². The van der Waals surface area contributed by atoms with E-state index >= 15 is 0 Å². The van der Waals surface area contributed by atoms with E-state index in [0.29, 0.717) is 0 Å². The molecule has 0 spiro atoms. The maximum absolute atomic E-state index is 12.1. The first-order valence-electron chi connectivity index (χ1n) is 7.77. The first-order valence-corrected chi connectivity index (χ1v) is 7.77. The number of carbonyl (C=O) groups is 3. The van der Waals surface area contributed by atoms with Crippen LogP contribution in [-0.4, -0.2) is 60.5 Å². The van der Waals surface area contributed by atoms with Crippen molar-refractivity contribution in [3.8, 4) is 0 Å². The third-order valence-corrected chi connectivity index (χ3v) is 3.50. The molecule has 1 unspecified atom stereocenters. The Morgan fingerprint density at radius 2 is 2.00 bits per heavy atom. The molecule has 0 saturated heterocycles. The van der Waals surface area contributed by atoms with Gasteiger partial charge in [-0.2, -0.15) is 10.2 Å². The van der Waals surface area contributed by atoms with Crippen LogP contribution in [-0.2, 0) is 16.1 Å². The molecular formula is C14H17N7O6. The summed E-state index contributed by atoms with van der Waals surface area (Å²) in [6.07, 6.45) is 3.49. The Hall–Kier alpha value is -3.77. The molecule has 2 aromatic rings. The lowest BCUT2D eigenvalue weighted by Gasteiger charge is -2.12. The zero-order chi connectivity index (χ0) is 20.0. The summed E-state index contributed by atoms with van der Waals surface area (Å²) in [5.41, 5.74) is -0.137. The second-order valence-corrected chi connectivity index (χ2v) is 5.43. The summed E-state index contributed by atoms with van der Waals surface area (Å²) in [5.74, 6) is -2.09. The lowest BCUT2D eigenvalue weighted by molar-refractivity contribution is -0.385. The average Bonchev–Trinajstić information content (AvgIpc) is 3.27. The molecule has 0 bridgehead atoms. The summed E-state index contributed by atoms with van der Waals surface area (Å²) in [5, 5.41) is 32.1. The number of hydrogen-bond donors (Lipinski definition) is 3. The number of carboxylic acid groups (broad SMARTS) is 1. The maximum Gasteiger partial charge on any atom is 0.328 e. The van der Waals surface area contributed by atoms with Crippen LogP contribution >= 0.6 is 0 Å². The van der Waals surface area contributed by atoms with E-state index in [4.69, 9.17) is 5.11 Å². The quantitative estimate of drug-likeness (QED) is 0.288. The minimum absolute atomic E-state index is 0.0834. The van der Waals surface area contributed by atoms with Crippen LogP contribution in [0.15, 0.2) is 24.7 Å². The zero-order valence-corrected chi connectivity index (χ0v) is 14.2. The number of aromatic nitrogens is 4. The van der Waals surface area contributed by atoms with E-state index < -0.39 is 28.7 Å². The molecule has 0 fully saturated rings. The van der Waals surface area contributed by atoms with Gasteiger partial charge in [0.2, 0.25) is 5.91 Å². The summed E-state index contributed by atoms with van der Waals surface area (Å²) in [6.45, 7) is 1.39. The van der Waals surface area contributed by atoms with Crippen LogP contribution in [0.5, 0.6) is 0 Å². The fourth-order valence-electron chi connectivity index (χ4n) is 2.11. The van der Waals surface area contributed by atoms with Gasteiger partial charge in [-0.3, -0.25) is 24.4 Å². The van der Waals surface area contributed by atoms with Gasteiger partial charge in [-0.05, 0) is 13.0 Å². The Kier molecular flexibility index (Phi) is 6.19. The van der Waals surface area contributed by atoms with Crippen LogP contribution in [0.25, 0.3) is 0 Å². The van der Waals surface area contributed by atoms with E-state index in [1.54, 1.807) is 0 Å². The topological polar surface area (TPSA) is 174 Å². The van der Waals surface area contributed by atoms with Crippen molar-refractivity contribution in [3.05, 3.63) is 40.5 Å². The molecule has 144 valence electrons. The van der Waals surface area contributed by atoms with Crippen molar-refractivity contribution in [1.29, 1.82) is 0 Å². The van der Waals surface area contributed by atoms with Crippen molar-refractivity contribution in [2.75, 3.05) is 13.1 Å². The van der Waals surface area contributed by atoms with Gasteiger partial charge in [0.15, 0.2) is 0 Å². The number of nitrogens with zero attached hydrogens (tertiary/aromatic N) is 5. The highest BCUT2D eigenvalue weighted by atomic mass is 16.6. The Morgan fingerprint density at radius 1 is 1.30 bits per heavy atom. The summed E-state index contributed by atoms with van der Waals surface area (Å²) < 4.78 is 2.21. The van der Waals surface area contributed by atoms with Crippen molar-refractivity contribution in [1.82, 2.24) is 30.2 Å². The van der Waals surface area contributed by atoms with E-state index in [-0.39, 0.29) is 31.0 Å². The highest BCUT2D eigenvalue weighted by Gasteiger charge is 2.20. The Bertz CT molecular complexity index is 858. The first-order chi connectivity index (χ1) is 12.8. The van der Waals surface area contributed by atoms with E-state index in [9.17, 15) is 24.5 Å². The van der Waals surface area contributed by atoms with Crippen LogP contribution in [0.1, 0.15) is 23.5 Å². The van der Waals surface area contributed by atoms with Gasteiger partial charge in [0.1, 0.15) is 30.7 Å². The minimum Gasteiger partial charge on any atom is -0.480 e. The van der Waals surface area contributed by atoms with Gasteiger partial charge in [-0.1, -0.05) is 0 Å². The van der Waals surface area contributed by atoms with Gasteiger partial charge in [0, 0.05) is 19.3 Å². The van der Waals surface area contributed by atoms with Crippen molar-refractivity contribution < 1.29 is 24.4 Å². The molecule has 2 aromatic heterocycles. The average molecular weight is 379 g/mol. The molecular weight excluding hydrogens is 362 g/mol. The number of nitro groups is 1. The molecule has 2 rings (SSSR count). The minimum atomic E-state index is -1.13. The third-order valence-electron chi connectivity index (χ3n) is 3.50. The number of nitrogens with one attached hydrogen (secondary N) is 2. The number of rotatable bonds is 9. The number of carboxylic acids is 1.